The maximum Gasteiger partial charge on any atom is 0.161 e. The van der Waals surface area contributed by atoms with E-state index in [9.17, 15) is 0 Å². The Morgan fingerprint density at radius 2 is 1.70 bits per heavy atom. The minimum absolute atomic E-state index is 0.618. The Labute approximate surface area is 119 Å². The van der Waals surface area contributed by atoms with Crippen LogP contribution in [0.5, 0.6) is 11.5 Å². The van der Waals surface area contributed by atoms with E-state index >= 15 is 0 Å². The van der Waals surface area contributed by atoms with Crippen molar-refractivity contribution in [3.05, 3.63) is 48.0 Å². The van der Waals surface area contributed by atoms with Crippen LogP contribution in [0, 0.1) is 0 Å². The lowest BCUT2D eigenvalue weighted by Crippen LogP contribution is -2.15. The van der Waals surface area contributed by atoms with E-state index in [2.05, 4.69) is 36.4 Å². The molecule has 1 heterocycles. The number of benzene rings is 2. The van der Waals surface area contributed by atoms with E-state index in [1.807, 2.05) is 6.07 Å². The number of aryl methyl sites for hydroxylation is 1. The van der Waals surface area contributed by atoms with Crippen LogP contribution < -0.4 is 15.2 Å². The fourth-order valence-electron chi connectivity index (χ4n) is 2.44. The second kappa shape index (κ2) is 5.97. The molecule has 0 atom stereocenters. The largest absolute Gasteiger partial charge is 0.486 e. The van der Waals surface area contributed by atoms with E-state index in [-0.39, 0.29) is 0 Å². The Morgan fingerprint density at radius 3 is 2.55 bits per heavy atom. The SMILES string of the molecule is NCCCc1cccc(-c2ccc3c(c2)OCCO3)c1. The molecule has 0 amide bonds. The van der Waals surface area contributed by atoms with Crippen LogP contribution >= 0.6 is 0 Å². The molecule has 0 fully saturated rings. The third-order valence-electron chi connectivity index (χ3n) is 3.47. The molecule has 0 aromatic heterocycles. The van der Waals surface area contributed by atoms with Crippen LogP contribution in [0.25, 0.3) is 11.1 Å². The molecule has 2 aromatic carbocycles. The van der Waals surface area contributed by atoms with Crippen molar-refractivity contribution in [2.75, 3.05) is 19.8 Å². The van der Waals surface area contributed by atoms with Crippen LogP contribution in [0.2, 0.25) is 0 Å². The minimum Gasteiger partial charge on any atom is -0.486 e. The summed E-state index contributed by atoms with van der Waals surface area (Å²) < 4.78 is 11.2. The van der Waals surface area contributed by atoms with Gasteiger partial charge in [-0.1, -0.05) is 30.3 Å². The van der Waals surface area contributed by atoms with Crippen molar-refractivity contribution in [2.24, 2.45) is 5.73 Å². The van der Waals surface area contributed by atoms with Crippen molar-refractivity contribution in [1.29, 1.82) is 0 Å². The number of fused-ring (bicyclic) bond motifs is 1. The predicted molar refractivity (Wildman–Crippen MR) is 80.2 cm³/mol. The van der Waals surface area contributed by atoms with Crippen LogP contribution in [-0.4, -0.2) is 19.8 Å². The van der Waals surface area contributed by atoms with Crippen molar-refractivity contribution < 1.29 is 9.47 Å². The van der Waals surface area contributed by atoms with Crippen molar-refractivity contribution in [1.82, 2.24) is 0 Å². The first-order chi connectivity index (χ1) is 9.86. The monoisotopic (exact) mass is 269 g/mol. The standard InChI is InChI=1S/C17H19NO2/c18-8-2-4-13-3-1-5-14(11-13)15-6-7-16-17(12-15)20-10-9-19-16/h1,3,5-7,11-12H,2,4,8-10,18H2. The summed E-state index contributed by atoms with van der Waals surface area (Å²) in [7, 11) is 0. The summed E-state index contributed by atoms with van der Waals surface area (Å²) in [4.78, 5) is 0. The molecule has 3 heteroatoms. The molecule has 0 saturated heterocycles. The van der Waals surface area contributed by atoms with Gasteiger partial charge in [0.25, 0.3) is 0 Å². The van der Waals surface area contributed by atoms with Crippen molar-refractivity contribution in [2.45, 2.75) is 12.8 Å². The van der Waals surface area contributed by atoms with Crippen LogP contribution in [0.3, 0.4) is 0 Å². The zero-order valence-electron chi connectivity index (χ0n) is 11.5. The van der Waals surface area contributed by atoms with Gasteiger partial charge in [-0.05, 0) is 48.2 Å². The minimum atomic E-state index is 0.618. The Bertz CT molecular complexity index is 595. The van der Waals surface area contributed by atoms with E-state index in [0.717, 1.165) is 36.4 Å². The van der Waals surface area contributed by atoms with Gasteiger partial charge in [-0.3, -0.25) is 0 Å². The Balaban J connectivity index is 1.88. The fourth-order valence-corrected chi connectivity index (χ4v) is 2.44. The van der Waals surface area contributed by atoms with Gasteiger partial charge >= 0.3 is 0 Å². The first-order valence-corrected chi connectivity index (χ1v) is 7.06. The third kappa shape index (κ3) is 2.78. The lowest BCUT2D eigenvalue weighted by Gasteiger charge is -2.19. The zero-order valence-corrected chi connectivity index (χ0v) is 11.5. The molecule has 0 radical (unpaired) electrons. The summed E-state index contributed by atoms with van der Waals surface area (Å²) in [5.74, 6) is 1.67. The van der Waals surface area contributed by atoms with Crippen molar-refractivity contribution in [3.8, 4) is 22.6 Å². The van der Waals surface area contributed by atoms with E-state index in [4.69, 9.17) is 15.2 Å². The van der Waals surface area contributed by atoms with Crippen LogP contribution in [-0.2, 0) is 6.42 Å². The summed E-state index contributed by atoms with van der Waals surface area (Å²) in [6.07, 6.45) is 2.04. The topological polar surface area (TPSA) is 44.5 Å². The molecule has 0 saturated carbocycles. The predicted octanol–water partition coefficient (Wildman–Crippen LogP) is 3.02. The Hall–Kier alpha value is -2.00. The summed E-state index contributed by atoms with van der Waals surface area (Å²) >= 11 is 0. The molecule has 2 N–H and O–H groups in total. The van der Waals surface area contributed by atoms with Gasteiger partial charge < -0.3 is 15.2 Å². The van der Waals surface area contributed by atoms with Gasteiger partial charge in [0.2, 0.25) is 0 Å². The molecule has 0 unspecified atom stereocenters. The molecule has 3 rings (SSSR count). The van der Waals surface area contributed by atoms with Crippen LogP contribution in [0.4, 0.5) is 0 Å². The normalized spacial score (nSPS) is 13.2. The van der Waals surface area contributed by atoms with Gasteiger partial charge in [0.15, 0.2) is 11.5 Å². The highest BCUT2D eigenvalue weighted by Crippen LogP contribution is 2.34. The lowest BCUT2D eigenvalue weighted by atomic mass is 10.0. The fraction of sp³-hybridized carbons (Fsp3) is 0.294. The van der Waals surface area contributed by atoms with E-state index in [1.54, 1.807) is 0 Å². The first-order valence-electron chi connectivity index (χ1n) is 7.06. The average molecular weight is 269 g/mol. The molecular weight excluding hydrogens is 250 g/mol. The maximum atomic E-state index is 5.64. The highest BCUT2D eigenvalue weighted by Gasteiger charge is 2.12. The van der Waals surface area contributed by atoms with Gasteiger partial charge in [0.1, 0.15) is 13.2 Å². The molecular formula is C17H19NO2. The highest BCUT2D eigenvalue weighted by molar-refractivity contribution is 5.68. The molecule has 0 bridgehead atoms. The van der Waals surface area contributed by atoms with Gasteiger partial charge in [-0.2, -0.15) is 0 Å². The van der Waals surface area contributed by atoms with Gasteiger partial charge in [0, 0.05) is 0 Å². The number of hydrogen-bond donors (Lipinski definition) is 1. The van der Waals surface area contributed by atoms with Crippen LogP contribution in [0.15, 0.2) is 42.5 Å². The first kappa shape index (κ1) is 13.0. The molecule has 0 aliphatic carbocycles. The quantitative estimate of drug-likeness (QED) is 0.928. The second-order valence-corrected chi connectivity index (χ2v) is 4.95. The molecule has 20 heavy (non-hydrogen) atoms. The number of hydrogen-bond acceptors (Lipinski definition) is 3. The summed E-state index contributed by atoms with van der Waals surface area (Å²) in [6, 6.07) is 14.7. The lowest BCUT2D eigenvalue weighted by molar-refractivity contribution is 0.171. The van der Waals surface area contributed by atoms with Crippen molar-refractivity contribution >= 4 is 0 Å². The molecule has 3 nitrogen and oxygen atoms in total. The smallest absolute Gasteiger partial charge is 0.161 e. The van der Waals surface area contributed by atoms with Crippen LogP contribution in [0.1, 0.15) is 12.0 Å². The summed E-state index contributed by atoms with van der Waals surface area (Å²) in [5.41, 5.74) is 9.25. The average Bonchev–Trinajstić information content (AvgIpc) is 2.53. The number of ether oxygens (including phenoxy) is 2. The molecule has 1 aliphatic heterocycles. The Kier molecular flexibility index (Phi) is 3.88. The second-order valence-electron chi connectivity index (χ2n) is 4.95. The summed E-state index contributed by atoms with van der Waals surface area (Å²) in [5, 5.41) is 0. The number of nitrogens with two attached hydrogens (primary N) is 1. The highest BCUT2D eigenvalue weighted by atomic mass is 16.6. The third-order valence-corrected chi connectivity index (χ3v) is 3.47. The van der Waals surface area contributed by atoms with Gasteiger partial charge in [-0.25, -0.2) is 0 Å². The summed E-state index contributed by atoms with van der Waals surface area (Å²) in [6.45, 7) is 1.97. The number of rotatable bonds is 4. The maximum absolute atomic E-state index is 5.64. The van der Waals surface area contributed by atoms with E-state index in [1.165, 1.54) is 11.1 Å². The van der Waals surface area contributed by atoms with Crippen molar-refractivity contribution in [3.63, 3.8) is 0 Å². The molecule has 104 valence electrons. The van der Waals surface area contributed by atoms with E-state index in [0.29, 0.717) is 13.2 Å². The van der Waals surface area contributed by atoms with Gasteiger partial charge in [-0.15, -0.1) is 0 Å². The molecule has 0 spiro atoms. The zero-order chi connectivity index (χ0) is 13.8. The van der Waals surface area contributed by atoms with Gasteiger partial charge in [0.05, 0.1) is 0 Å². The van der Waals surface area contributed by atoms with E-state index < -0.39 is 0 Å². The Morgan fingerprint density at radius 1 is 0.900 bits per heavy atom. The molecule has 1 aliphatic rings. The molecule has 2 aromatic rings.